The molecule has 2 N–H and O–H groups in total. The van der Waals surface area contributed by atoms with Gasteiger partial charge < -0.3 is 10.6 Å². The second-order valence-corrected chi connectivity index (χ2v) is 5.95. The Labute approximate surface area is 121 Å². The Morgan fingerprint density at radius 2 is 2.10 bits per heavy atom. The third-order valence-electron chi connectivity index (χ3n) is 3.60. The summed E-state index contributed by atoms with van der Waals surface area (Å²) in [5, 5.41) is 6.35. The molecule has 20 heavy (non-hydrogen) atoms. The molecular weight excluding hydrogens is 250 g/mol. The molecule has 2 amide bonds. The molecule has 1 fully saturated rings. The minimum absolute atomic E-state index is 0.00462. The van der Waals surface area contributed by atoms with E-state index in [9.17, 15) is 4.79 Å². The van der Waals surface area contributed by atoms with Gasteiger partial charge in [0.05, 0.1) is 0 Å². The lowest BCUT2D eigenvalue weighted by Crippen LogP contribution is -2.27. The van der Waals surface area contributed by atoms with Crippen LogP contribution in [0.15, 0.2) is 24.3 Å². The highest BCUT2D eigenvalue weighted by Gasteiger charge is 2.21. The smallest absolute Gasteiger partial charge is 0.321 e. The van der Waals surface area contributed by atoms with Gasteiger partial charge in [-0.05, 0) is 43.9 Å². The number of rotatable bonds is 6. The summed E-state index contributed by atoms with van der Waals surface area (Å²) in [5.41, 5.74) is 2.04. The first kappa shape index (κ1) is 14.7. The Morgan fingerprint density at radius 1 is 1.30 bits per heavy atom. The van der Waals surface area contributed by atoms with Gasteiger partial charge in [0.15, 0.2) is 0 Å². The van der Waals surface area contributed by atoms with E-state index < -0.39 is 0 Å². The van der Waals surface area contributed by atoms with Gasteiger partial charge in [-0.25, -0.2) is 4.79 Å². The number of nitrogens with one attached hydrogen (secondary N) is 2. The SMILES string of the molecule is CC(C)CCC(C)Nc1cccc(N2CCNC2=O)c1. The van der Waals surface area contributed by atoms with Crippen molar-refractivity contribution in [1.29, 1.82) is 0 Å². The monoisotopic (exact) mass is 275 g/mol. The fraction of sp³-hybridized carbons (Fsp3) is 0.562. The van der Waals surface area contributed by atoms with Crippen molar-refractivity contribution in [3.63, 3.8) is 0 Å². The number of amides is 2. The highest BCUT2D eigenvalue weighted by atomic mass is 16.2. The van der Waals surface area contributed by atoms with Gasteiger partial charge in [0.2, 0.25) is 0 Å². The molecule has 1 unspecified atom stereocenters. The molecule has 1 aliphatic rings. The maximum Gasteiger partial charge on any atom is 0.321 e. The first-order valence-electron chi connectivity index (χ1n) is 7.48. The van der Waals surface area contributed by atoms with Crippen LogP contribution in [0.25, 0.3) is 0 Å². The molecule has 110 valence electrons. The van der Waals surface area contributed by atoms with Crippen LogP contribution in [0.2, 0.25) is 0 Å². The molecule has 1 heterocycles. The number of urea groups is 1. The summed E-state index contributed by atoms with van der Waals surface area (Å²) in [6, 6.07) is 8.53. The summed E-state index contributed by atoms with van der Waals surface area (Å²) in [7, 11) is 0. The lowest BCUT2D eigenvalue weighted by Gasteiger charge is -2.19. The number of hydrogen-bond donors (Lipinski definition) is 2. The molecule has 2 rings (SSSR count). The van der Waals surface area contributed by atoms with E-state index >= 15 is 0 Å². The summed E-state index contributed by atoms with van der Waals surface area (Å²) in [4.78, 5) is 13.5. The molecule has 1 aromatic carbocycles. The summed E-state index contributed by atoms with van der Waals surface area (Å²) < 4.78 is 0. The molecule has 0 spiro atoms. The van der Waals surface area contributed by atoms with E-state index in [1.807, 2.05) is 12.1 Å². The van der Waals surface area contributed by atoms with Crippen LogP contribution in [0.1, 0.15) is 33.6 Å². The van der Waals surface area contributed by atoms with Crippen molar-refractivity contribution in [3.8, 4) is 0 Å². The van der Waals surface area contributed by atoms with Crippen LogP contribution in [-0.2, 0) is 0 Å². The summed E-state index contributed by atoms with van der Waals surface area (Å²) in [6.07, 6.45) is 2.38. The van der Waals surface area contributed by atoms with Crippen molar-refractivity contribution in [2.75, 3.05) is 23.3 Å². The number of anilines is 2. The van der Waals surface area contributed by atoms with Crippen LogP contribution >= 0.6 is 0 Å². The zero-order chi connectivity index (χ0) is 14.5. The Hall–Kier alpha value is -1.71. The number of nitrogens with zero attached hydrogens (tertiary/aromatic N) is 1. The molecule has 4 heteroatoms. The Balaban J connectivity index is 1.97. The second kappa shape index (κ2) is 6.64. The standard InChI is InChI=1S/C16H25N3O/c1-12(2)7-8-13(3)18-14-5-4-6-15(11-14)19-10-9-17-16(19)20/h4-6,11-13,18H,7-10H2,1-3H3,(H,17,20). The van der Waals surface area contributed by atoms with Crippen molar-refractivity contribution < 1.29 is 4.79 Å². The van der Waals surface area contributed by atoms with E-state index in [4.69, 9.17) is 0 Å². The van der Waals surface area contributed by atoms with Crippen molar-refractivity contribution in [2.24, 2.45) is 5.92 Å². The molecule has 1 atom stereocenters. The molecule has 0 aromatic heterocycles. The molecule has 0 radical (unpaired) electrons. The molecule has 4 nitrogen and oxygen atoms in total. The van der Waals surface area contributed by atoms with Gasteiger partial charge in [-0.3, -0.25) is 4.90 Å². The van der Waals surface area contributed by atoms with E-state index in [0.29, 0.717) is 6.04 Å². The fourth-order valence-corrected chi connectivity index (χ4v) is 2.42. The second-order valence-electron chi connectivity index (χ2n) is 5.95. The minimum atomic E-state index is -0.00462. The maximum absolute atomic E-state index is 11.7. The van der Waals surface area contributed by atoms with Gasteiger partial charge in [-0.1, -0.05) is 19.9 Å². The van der Waals surface area contributed by atoms with E-state index in [1.165, 1.54) is 6.42 Å². The van der Waals surface area contributed by atoms with Crippen LogP contribution in [0.3, 0.4) is 0 Å². The highest BCUT2D eigenvalue weighted by molar-refractivity contribution is 5.94. The number of benzene rings is 1. The van der Waals surface area contributed by atoms with Gasteiger partial charge in [-0.2, -0.15) is 0 Å². The Morgan fingerprint density at radius 3 is 2.75 bits per heavy atom. The van der Waals surface area contributed by atoms with Crippen LogP contribution in [0.4, 0.5) is 16.2 Å². The van der Waals surface area contributed by atoms with E-state index in [2.05, 4.69) is 43.5 Å². The summed E-state index contributed by atoms with van der Waals surface area (Å²) >= 11 is 0. The first-order chi connectivity index (χ1) is 9.56. The summed E-state index contributed by atoms with van der Waals surface area (Å²) in [6.45, 7) is 8.17. The van der Waals surface area contributed by atoms with Crippen LogP contribution < -0.4 is 15.5 Å². The molecule has 0 saturated carbocycles. The lowest BCUT2D eigenvalue weighted by molar-refractivity contribution is 0.252. The molecule has 1 saturated heterocycles. The minimum Gasteiger partial charge on any atom is -0.383 e. The van der Waals surface area contributed by atoms with Crippen LogP contribution in [0.5, 0.6) is 0 Å². The number of hydrogen-bond acceptors (Lipinski definition) is 2. The average molecular weight is 275 g/mol. The molecule has 0 bridgehead atoms. The van der Waals surface area contributed by atoms with Gasteiger partial charge in [-0.15, -0.1) is 0 Å². The predicted octanol–water partition coefficient (Wildman–Crippen LogP) is 3.45. The zero-order valence-electron chi connectivity index (χ0n) is 12.6. The van der Waals surface area contributed by atoms with Gasteiger partial charge >= 0.3 is 6.03 Å². The number of carbonyl (C=O) groups excluding carboxylic acids is 1. The summed E-state index contributed by atoms with van der Waals surface area (Å²) in [5.74, 6) is 0.735. The lowest BCUT2D eigenvalue weighted by atomic mass is 10.0. The van der Waals surface area contributed by atoms with Crippen LogP contribution in [-0.4, -0.2) is 25.2 Å². The molecule has 1 aromatic rings. The van der Waals surface area contributed by atoms with E-state index in [1.54, 1.807) is 4.90 Å². The molecule has 0 aliphatic carbocycles. The quantitative estimate of drug-likeness (QED) is 0.835. The van der Waals surface area contributed by atoms with Crippen molar-refractivity contribution in [2.45, 2.75) is 39.7 Å². The van der Waals surface area contributed by atoms with Gasteiger partial charge in [0, 0.05) is 30.5 Å². The van der Waals surface area contributed by atoms with Crippen LogP contribution in [0, 0.1) is 5.92 Å². The number of carbonyl (C=O) groups is 1. The topological polar surface area (TPSA) is 44.4 Å². The van der Waals surface area contributed by atoms with Crippen molar-refractivity contribution in [3.05, 3.63) is 24.3 Å². The van der Waals surface area contributed by atoms with Crippen molar-refractivity contribution in [1.82, 2.24) is 5.32 Å². The van der Waals surface area contributed by atoms with E-state index in [0.717, 1.165) is 36.8 Å². The Bertz CT molecular complexity index is 459. The molecular formula is C16H25N3O. The predicted molar refractivity (Wildman–Crippen MR) is 84.3 cm³/mol. The van der Waals surface area contributed by atoms with Crippen molar-refractivity contribution >= 4 is 17.4 Å². The van der Waals surface area contributed by atoms with Gasteiger partial charge in [0.25, 0.3) is 0 Å². The average Bonchev–Trinajstić information content (AvgIpc) is 2.83. The first-order valence-corrected chi connectivity index (χ1v) is 7.48. The third kappa shape index (κ3) is 3.89. The normalized spacial score (nSPS) is 16.4. The highest BCUT2D eigenvalue weighted by Crippen LogP contribution is 2.22. The fourth-order valence-electron chi connectivity index (χ4n) is 2.42. The van der Waals surface area contributed by atoms with Gasteiger partial charge in [0.1, 0.15) is 0 Å². The maximum atomic E-state index is 11.7. The van der Waals surface area contributed by atoms with E-state index in [-0.39, 0.29) is 6.03 Å². The molecule has 1 aliphatic heterocycles. The zero-order valence-corrected chi connectivity index (χ0v) is 12.6. The largest absolute Gasteiger partial charge is 0.383 e. The Kier molecular flexibility index (Phi) is 4.88. The third-order valence-corrected chi connectivity index (χ3v) is 3.60.